The summed E-state index contributed by atoms with van der Waals surface area (Å²) in [5, 5.41) is 2.45. The largest absolute Gasteiger partial charge is 0.310 e. The van der Waals surface area contributed by atoms with E-state index in [0.717, 1.165) is 28.3 Å². The van der Waals surface area contributed by atoms with Crippen LogP contribution in [0.2, 0.25) is 0 Å². The summed E-state index contributed by atoms with van der Waals surface area (Å²) in [6.07, 6.45) is 0. The minimum absolute atomic E-state index is 0.526. The van der Waals surface area contributed by atoms with Crippen molar-refractivity contribution in [3.63, 3.8) is 0 Å². The minimum atomic E-state index is -0.526. The van der Waals surface area contributed by atoms with Crippen molar-refractivity contribution >= 4 is 38.9 Å². The molecule has 1 aliphatic rings. The predicted octanol–water partition coefficient (Wildman–Crippen LogP) is 16.0. The first-order chi connectivity index (χ1) is 31.3. The summed E-state index contributed by atoms with van der Waals surface area (Å²) < 4.78 is 2.44. The molecule has 0 saturated carbocycles. The molecular weight excluding hydrogens is 761 g/mol. The molecule has 11 aromatic rings. The highest BCUT2D eigenvalue weighted by Gasteiger charge is 2.46. The zero-order chi connectivity index (χ0) is 41.7. The van der Waals surface area contributed by atoms with E-state index in [4.69, 9.17) is 0 Å². The normalized spacial score (nSPS) is 12.6. The van der Waals surface area contributed by atoms with Crippen molar-refractivity contribution in [3.8, 4) is 39.1 Å². The lowest BCUT2D eigenvalue weighted by molar-refractivity contribution is 0.768. The summed E-state index contributed by atoms with van der Waals surface area (Å²) in [5.41, 5.74) is 18.5. The fraction of sp³-hybridized carbons (Fsp3) is 0.0164. The van der Waals surface area contributed by atoms with Crippen LogP contribution in [0.15, 0.2) is 255 Å². The Bertz CT molecular complexity index is 3400. The highest BCUT2D eigenvalue weighted by Crippen LogP contribution is 2.57. The SMILES string of the molecule is c1ccc(-c2cccc(N(c3ccc4c(c3)C(c3ccccc3)(c3ccccc3)c3ccccc3-4)c3ccc4c5ccccc5n(-c5cccc(-c6ccccc6)c5)c4c3)c2)cc1. The lowest BCUT2D eigenvalue weighted by Gasteiger charge is -2.35. The van der Waals surface area contributed by atoms with Gasteiger partial charge in [0.2, 0.25) is 0 Å². The van der Waals surface area contributed by atoms with E-state index >= 15 is 0 Å². The van der Waals surface area contributed by atoms with Gasteiger partial charge in [-0.15, -0.1) is 0 Å². The summed E-state index contributed by atoms with van der Waals surface area (Å²) in [7, 11) is 0. The minimum Gasteiger partial charge on any atom is -0.310 e. The van der Waals surface area contributed by atoms with Gasteiger partial charge < -0.3 is 9.47 Å². The molecule has 0 amide bonds. The molecular formula is C61H42N2. The fourth-order valence-corrected chi connectivity index (χ4v) is 10.3. The summed E-state index contributed by atoms with van der Waals surface area (Å²) >= 11 is 0. The average molecular weight is 803 g/mol. The third-order valence-corrected chi connectivity index (χ3v) is 13.0. The molecule has 296 valence electrons. The zero-order valence-corrected chi connectivity index (χ0v) is 34.6. The standard InChI is InChI=1S/C61H42N2/c1-5-19-43(20-6-1)45-23-17-29-49(39-45)62(51-35-37-54-53-31-13-15-33-57(53)61(58(54)41-51,47-25-9-3-10-26-47)48-27-11-4-12-28-48)52-36-38-56-55-32-14-16-34-59(55)63(60(56)42-52)50-30-18-24-46(40-50)44-21-7-2-8-22-44/h1-42H. The Labute approximate surface area is 368 Å². The maximum Gasteiger partial charge on any atom is 0.0714 e. The number of nitrogens with zero attached hydrogens (tertiary/aromatic N) is 2. The third-order valence-electron chi connectivity index (χ3n) is 13.0. The molecule has 1 aromatic heterocycles. The summed E-state index contributed by atoms with van der Waals surface area (Å²) in [6.45, 7) is 0. The number of benzene rings is 10. The maximum atomic E-state index is 2.47. The molecule has 12 rings (SSSR count). The van der Waals surface area contributed by atoms with Crippen molar-refractivity contribution in [2.24, 2.45) is 0 Å². The topological polar surface area (TPSA) is 8.17 Å². The van der Waals surface area contributed by atoms with Gasteiger partial charge in [0, 0.05) is 33.5 Å². The van der Waals surface area contributed by atoms with Crippen molar-refractivity contribution in [1.29, 1.82) is 0 Å². The van der Waals surface area contributed by atoms with Gasteiger partial charge in [-0.05, 0) is 110 Å². The molecule has 2 heteroatoms. The molecule has 0 aliphatic heterocycles. The number of hydrogen-bond acceptors (Lipinski definition) is 1. The smallest absolute Gasteiger partial charge is 0.0714 e. The quantitative estimate of drug-likeness (QED) is 0.149. The lowest BCUT2D eigenvalue weighted by Crippen LogP contribution is -2.28. The van der Waals surface area contributed by atoms with Gasteiger partial charge in [0.15, 0.2) is 0 Å². The Hall–Kier alpha value is -8.20. The van der Waals surface area contributed by atoms with Gasteiger partial charge in [0.1, 0.15) is 0 Å². The zero-order valence-electron chi connectivity index (χ0n) is 34.6. The van der Waals surface area contributed by atoms with Gasteiger partial charge in [0.05, 0.1) is 16.4 Å². The first kappa shape index (κ1) is 36.6. The van der Waals surface area contributed by atoms with Crippen molar-refractivity contribution in [2.45, 2.75) is 5.41 Å². The van der Waals surface area contributed by atoms with Crippen molar-refractivity contribution in [2.75, 3.05) is 4.90 Å². The highest BCUT2D eigenvalue weighted by molar-refractivity contribution is 6.10. The third kappa shape index (κ3) is 5.95. The summed E-state index contributed by atoms with van der Waals surface area (Å²) in [4.78, 5) is 2.46. The second kappa shape index (κ2) is 15.1. The Balaban J connectivity index is 1.12. The van der Waals surface area contributed by atoms with Gasteiger partial charge >= 0.3 is 0 Å². The Morgan fingerprint density at radius 3 is 1.52 bits per heavy atom. The number of anilines is 3. The molecule has 2 nitrogen and oxygen atoms in total. The van der Waals surface area contributed by atoms with Gasteiger partial charge in [-0.2, -0.15) is 0 Å². The van der Waals surface area contributed by atoms with E-state index in [1.54, 1.807) is 0 Å². The predicted molar refractivity (Wildman–Crippen MR) is 264 cm³/mol. The van der Waals surface area contributed by atoms with Gasteiger partial charge in [0.25, 0.3) is 0 Å². The van der Waals surface area contributed by atoms with Crippen LogP contribution in [0.5, 0.6) is 0 Å². The first-order valence-electron chi connectivity index (χ1n) is 21.8. The van der Waals surface area contributed by atoms with Crippen LogP contribution in [0.1, 0.15) is 22.3 Å². The molecule has 0 fully saturated rings. The summed E-state index contributed by atoms with van der Waals surface area (Å²) in [5.74, 6) is 0. The lowest BCUT2D eigenvalue weighted by atomic mass is 9.67. The van der Waals surface area contributed by atoms with Crippen molar-refractivity contribution in [1.82, 2.24) is 4.57 Å². The van der Waals surface area contributed by atoms with Crippen LogP contribution in [0.3, 0.4) is 0 Å². The van der Waals surface area contributed by atoms with Crippen LogP contribution < -0.4 is 4.90 Å². The van der Waals surface area contributed by atoms with E-state index in [9.17, 15) is 0 Å². The van der Waals surface area contributed by atoms with Crippen molar-refractivity contribution < 1.29 is 0 Å². The second-order valence-electron chi connectivity index (χ2n) is 16.5. The maximum absolute atomic E-state index is 2.47. The molecule has 1 aliphatic carbocycles. The van der Waals surface area contributed by atoms with Gasteiger partial charge in [-0.3, -0.25) is 0 Å². The molecule has 63 heavy (non-hydrogen) atoms. The van der Waals surface area contributed by atoms with Crippen LogP contribution in [0, 0.1) is 0 Å². The Morgan fingerprint density at radius 1 is 0.302 bits per heavy atom. The monoisotopic (exact) mass is 802 g/mol. The number of rotatable bonds is 8. The van der Waals surface area contributed by atoms with E-state index < -0.39 is 5.41 Å². The number of aromatic nitrogens is 1. The average Bonchev–Trinajstić information content (AvgIpc) is 3.85. The molecule has 0 atom stereocenters. The van der Waals surface area contributed by atoms with Crippen LogP contribution in [0.25, 0.3) is 60.9 Å². The van der Waals surface area contributed by atoms with Crippen LogP contribution in [-0.4, -0.2) is 4.57 Å². The van der Waals surface area contributed by atoms with Gasteiger partial charge in [-0.25, -0.2) is 0 Å². The molecule has 0 N–H and O–H groups in total. The molecule has 0 unspecified atom stereocenters. The van der Waals surface area contributed by atoms with Crippen LogP contribution in [0.4, 0.5) is 17.1 Å². The van der Waals surface area contributed by atoms with Crippen molar-refractivity contribution in [3.05, 3.63) is 277 Å². The van der Waals surface area contributed by atoms with E-state index in [1.807, 2.05) is 0 Å². The molecule has 0 radical (unpaired) electrons. The first-order valence-corrected chi connectivity index (χ1v) is 21.8. The van der Waals surface area contributed by atoms with Crippen LogP contribution >= 0.6 is 0 Å². The highest BCUT2D eigenvalue weighted by atomic mass is 15.1. The van der Waals surface area contributed by atoms with E-state index in [-0.39, 0.29) is 0 Å². The molecule has 10 aromatic carbocycles. The molecule has 0 saturated heterocycles. The Kier molecular flexibility index (Phi) is 8.76. The van der Waals surface area contributed by atoms with Crippen LogP contribution in [-0.2, 0) is 5.41 Å². The van der Waals surface area contributed by atoms with E-state index in [0.29, 0.717) is 0 Å². The summed E-state index contributed by atoms with van der Waals surface area (Å²) in [6, 6.07) is 93.4. The number of hydrogen-bond donors (Lipinski definition) is 0. The Morgan fingerprint density at radius 2 is 0.810 bits per heavy atom. The molecule has 1 heterocycles. The second-order valence-corrected chi connectivity index (χ2v) is 16.5. The number of fused-ring (bicyclic) bond motifs is 6. The van der Waals surface area contributed by atoms with Gasteiger partial charge in [-0.1, -0.05) is 200 Å². The fourth-order valence-electron chi connectivity index (χ4n) is 10.3. The molecule has 0 spiro atoms. The number of para-hydroxylation sites is 1. The molecule has 0 bridgehead atoms. The van der Waals surface area contributed by atoms with E-state index in [1.165, 1.54) is 71.9 Å². The van der Waals surface area contributed by atoms with E-state index in [2.05, 4.69) is 264 Å².